The minimum Gasteiger partial charge on any atom is -0.344 e. The van der Waals surface area contributed by atoms with Crippen LogP contribution in [0.15, 0.2) is 29.2 Å². The number of hydrogen-bond donors (Lipinski definition) is 1. The summed E-state index contributed by atoms with van der Waals surface area (Å²) in [4.78, 5) is 14.1. The van der Waals surface area contributed by atoms with Gasteiger partial charge in [-0.3, -0.25) is 4.79 Å². The topological polar surface area (TPSA) is 69.7 Å². The zero-order valence-corrected chi connectivity index (χ0v) is 16.7. The second kappa shape index (κ2) is 10.0. The van der Waals surface area contributed by atoms with E-state index in [4.69, 9.17) is 0 Å². The molecule has 0 spiro atoms. The Kier molecular flexibility index (Phi) is 8.06. The number of sulfonamides is 1. The predicted octanol–water partition coefficient (Wildman–Crippen LogP) is 1.86. The van der Waals surface area contributed by atoms with Crippen LogP contribution in [0, 0.1) is 0 Å². The quantitative estimate of drug-likeness (QED) is 0.746. The van der Waals surface area contributed by atoms with Gasteiger partial charge in [-0.25, -0.2) is 8.42 Å². The highest BCUT2D eigenvalue weighted by atomic mass is 32.2. The van der Waals surface area contributed by atoms with Gasteiger partial charge in [-0.15, -0.1) is 0 Å². The first-order chi connectivity index (χ1) is 12.4. The SMILES string of the molecule is CNCCN(C)C(=O)CCc1ccc(S(=O)(=O)N2CCCCCC2)cc1. The van der Waals surface area contributed by atoms with Gasteiger partial charge in [0, 0.05) is 39.6 Å². The molecular weight excluding hydrogens is 350 g/mol. The van der Waals surface area contributed by atoms with Crippen molar-refractivity contribution in [2.45, 2.75) is 43.4 Å². The van der Waals surface area contributed by atoms with E-state index in [-0.39, 0.29) is 5.91 Å². The summed E-state index contributed by atoms with van der Waals surface area (Å²) in [5.74, 6) is 0.0986. The van der Waals surface area contributed by atoms with Gasteiger partial charge < -0.3 is 10.2 Å². The van der Waals surface area contributed by atoms with Crippen LogP contribution >= 0.6 is 0 Å². The Hall–Kier alpha value is -1.44. The summed E-state index contributed by atoms with van der Waals surface area (Å²) in [5.41, 5.74) is 0.982. The van der Waals surface area contributed by atoms with Crippen molar-refractivity contribution in [2.24, 2.45) is 0 Å². The number of carbonyl (C=O) groups is 1. The van der Waals surface area contributed by atoms with Crippen LogP contribution in [-0.2, 0) is 21.2 Å². The summed E-state index contributed by atoms with van der Waals surface area (Å²) in [6, 6.07) is 6.99. The van der Waals surface area contributed by atoms with Crippen molar-refractivity contribution in [2.75, 3.05) is 40.3 Å². The van der Waals surface area contributed by atoms with Crippen molar-refractivity contribution in [1.29, 1.82) is 0 Å². The van der Waals surface area contributed by atoms with Gasteiger partial charge in [0.25, 0.3) is 0 Å². The Morgan fingerprint density at radius 2 is 1.73 bits per heavy atom. The van der Waals surface area contributed by atoms with Gasteiger partial charge in [0.05, 0.1) is 4.90 Å². The Labute approximate surface area is 157 Å². The molecule has 0 unspecified atom stereocenters. The van der Waals surface area contributed by atoms with Crippen LogP contribution in [0.2, 0.25) is 0 Å². The molecule has 1 saturated heterocycles. The lowest BCUT2D eigenvalue weighted by Gasteiger charge is -2.20. The number of rotatable bonds is 8. The summed E-state index contributed by atoms with van der Waals surface area (Å²) in [6.07, 6.45) is 5.11. The fraction of sp³-hybridized carbons (Fsp3) is 0.632. The number of likely N-dealkylation sites (N-methyl/N-ethyl adjacent to an activating group) is 2. The Morgan fingerprint density at radius 1 is 1.12 bits per heavy atom. The molecule has 0 atom stereocenters. The van der Waals surface area contributed by atoms with E-state index in [2.05, 4.69) is 5.32 Å². The van der Waals surface area contributed by atoms with Crippen LogP contribution in [0.1, 0.15) is 37.7 Å². The highest BCUT2D eigenvalue weighted by molar-refractivity contribution is 7.89. The molecule has 1 amide bonds. The van der Waals surface area contributed by atoms with Crippen LogP contribution in [0.4, 0.5) is 0 Å². The molecule has 2 rings (SSSR count). The largest absolute Gasteiger partial charge is 0.344 e. The monoisotopic (exact) mass is 381 g/mol. The van der Waals surface area contributed by atoms with Gasteiger partial charge in [-0.1, -0.05) is 25.0 Å². The maximum Gasteiger partial charge on any atom is 0.243 e. The Bertz CT molecular complexity index is 666. The Balaban J connectivity index is 1.94. The normalized spacial score (nSPS) is 16.2. The highest BCUT2D eigenvalue weighted by Gasteiger charge is 2.24. The molecule has 0 aliphatic carbocycles. The Morgan fingerprint density at radius 3 is 2.31 bits per heavy atom. The summed E-state index contributed by atoms with van der Waals surface area (Å²) >= 11 is 0. The fourth-order valence-electron chi connectivity index (χ4n) is 3.11. The van der Waals surface area contributed by atoms with E-state index >= 15 is 0 Å². The molecule has 0 aromatic heterocycles. The van der Waals surface area contributed by atoms with E-state index in [0.29, 0.717) is 37.4 Å². The standard InChI is InChI=1S/C19H31N3O3S/c1-20-13-16-21(2)19(23)12-9-17-7-10-18(11-8-17)26(24,25)22-14-5-3-4-6-15-22/h7-8,10-11,20H,3-6,9,12-16H2,1-2H3. The maximum absolute atomic E-state index is 12.8. The number of benzene rings is 1. The zero-order valence-electron chi connectivity index (χ0n) is 15.9. The van der Waals surface area contributed by atoms with Crippen molar-refractivity contribution in [3.05, 3.63) is 29.8 Å². The van der Waals surface area contributed by atoms with Gasteiger partial charge >= 0.3 is 0 Å². The predicted molar refractivity (Wildman–Crippen MR) is 104 cm³/mol. The van der Waals surface area contributed by atoms with Crippen LogP contribution in [0.3, 0.4) is 0 Å². The fourth-order valence-corrected chi connectivity index (χ4v) is 4.62. The highest BCUT2D eigenvalue weighted by Crippen LogP contribution is 2.21. The molecule has 7 heteroatoms. The third-order valence-electron chi connectivity index (χ3n) is 4.88. The van der Waals surface area contributed by atoms with E-state index in [0.717, 1.165) is 37.8 Å². The lowest BCUT2D eigenvalue weighted by atomic mass is 10.1. The molecule has 1 aromatic carbocycles. The molecule has 0 radical (unpaired) electrons. The van der Waals surface area contributed by atoms with Gasteiger partial charge in [-0.2, -0.15) is 4.31 Å². The molecule has 1 aromatic rings. The lowest BCUT2D eigenvalue weighted by molar-refractivity contribution is -0.129. The van der Waals surface area contributed by atoms with E-state index in [1.807, 2.05) is 19.2 Å². The average molecular weight is 382 g/mol. The second-order valence-corrected chi connectivity index (χ2v) is 8.82. The molecule has 0 bridgehead atoms. The van der Waals surface area contributed by atoms with Crippen LogP contribution in [0.5, 0.6) is 0 Å². The van der Waals surface area contributed by atoms with Crippen molar-refractivity contribution in [3.63, 3.8) is 0 Å². The number of nitrogens with zero attached hydrogens (tertiary/aromatic N) is 2. The van der Waals surface area contributed by atoms with Gasteiger partial charge in [-0.05, 0) is 44.0 Å². The lowest BCUT2D eigenvalue weighted by Crippen LogP contribution is -2.32. The van der Waals surface area contributed by atoms with Crippen molar-refractivity contribution >= 4 is 15.9 Å². The first kappa shape index (κ1) is 20.9. The minimum atomic E-state index is -3.41. The van der Waals surface area contributed by atoms with Gasteiger partial charge in [0.15, 0.2) is 0 Å². The number of hydrogen-bond acceptors (Lipinski definition) is 4. The van der Waals surface area contributed by atoms with Crippen LogP contribution in [0.25, 0.3) is 0 Å². The molecule has 1 N–H and O–H groups in total. The molecule has 1 aliphatic rings. The van der Waals surface area contributed by atoms with E-state index in [9.17, 15) is 13.2 Å². The maximum atomic E-state index is 12.8. The van der Waals surface area contributed by atoms with Gasteiger partial charge in [0.1, 0.15) is 0 Å². The molecular formula is C19H31N3O3S. The summed E-state index contributed by atoms with van der Waals surface area (Å²) < 4.78 is 27.1. The van der Waals surface area contributed by atoms with Crippen molar-refractivity contribution < 1.29 is 13.2 Å². The number of nitrogens with one attached hydrogen (secondary N) is 1. The molecule has 6 nitrogen and oxygen atoms in total. The number of carbonyl (C=O) groups excluding carboxylic acids is 1. The summed E-state index contributed by atoms with van der Waals surface area (Å²) in [6.45, 7) is 2.67. The minimum absolute atomic E-state index is 0.0986. The molecule has 1 heterocycles. The second-order valence-electron chi connectivity index (χ2n) is 6.88. The summed E-state index contributed by atoms with van der Waals surface area (Å²) in [7, 11) is 0.257. The van der Waals surface area contributed by atoms with Crippen molar-refractivity contribution in [3.8, 4) is 0 Å². The van der Waals surface area contributed by atoms with E-state index in [1.165, 1.54) is 0 Å². The van der Waals surface area contributed by atoms with E-state index in [1.54, 1.807) is 28.4 Å². The first-order valence-corrected chi connectivity index (χ1v) is 10.9. The van der Waals surface area contributed by atoms with Crippen LogP contribution < -0.4 is 5.32 Å². The molecule has 26 heavy (non-hydrogen) atoms. The zero-order chi connectivity index (χ0) is 19.0. The van der Waals surface area contributed by atoms with E-state index < -0.39 is 10.0 Å². The average Bonchev–Trinajstić information content (AvgIpc) is 2.94. The third-order valence-corrected chi connectivity index (χ3v) is 6.79. The molecule has 1 fully saturated rings. The number of amides is 1. The molecule has 0 saturated carbocycles. The van der Waals surface area contributed by atoms with Gasteiger partial charge in [0.2, 0.25) is 15.9 Å². The van der Waals surface area contributed by atoms with Crippen LogP contribution in [-0.4, -0.2) is 63.8 Å². The molecule has 146 valence electrons. The number of aryl methyl sites for hydroxylation is 1. The third kappa shape index (κ3) is 5.79. The smallest absolute Gasteiger partial charge is 0.243 e. The first-order valence-electron chi connectivity index (χ1n) is 9.43. The van der Waals surface area contributed by atoms with Crippen molar-refractivity contribution in [1.82, 2.24) is 14.5 Å². The summed E-state index contributed by atoms with van der Waals surface area (Å²) in [5, 5.41) is 3.02. The molecule has 1 aliphatic heterocycles.